The smallest absolute Gasteiger partial charge is 0.269 e. The highest BCUT2D eigenvalue weighted by molar-refractivity contribution is 6.04. The van der Waals surface area contributed by atoms with Crippen LogP contribution in [-0.4, -0.2) is 15.8 Å². The third kappa shape index (κ3) is 3.09. The van der Waals surface area contributed by atoms with Crippen molar-refractivity contribution in [1.82, 2.24) is 4.98 Å². The maximum absolute atomic E-state index is 12.6. The lowest BCUT2D eigenvalue weighted by Crippen LogP contribution is -2.12. The molecule has 0 unspecified atom stereocenters. The Labute approximate surface area is 107 Å². The van der Waals surface area contributed by atoms with E-state index in [4.69, 9.17) is 0 Å². The molecule has 0 spiro atoms. The molecule has 1 amide bonds. The van der Waals surface area contributed by atoms with Crippen LogP contribution in [0, 0.1) is 16.1 Å². The normalized spacial score (nSPS) is 9.95. The largest absolute Gasteiger partial charge is 0.322 e. The van der Waals surface area contributed by atoms with Gasteiger partial charge in [-0.25, -0.2) is 4.98 Å². The molecule has 0 aliphatic rings. The van der Waals surface area contributed by atoms with E-state index < -0.39 is 16.8 Å². The van der Waals surface area contributed by atoms with Gasteiger partial charge in [-0.1, -0.05) is 0 Å². The summed E-state index contributed by atoms with van der Waals surface area (Å²) in [6.45, 7) is 0. The molecule has 1 heterocycles. The molecule has 19 heavy (non-hydrogen) atoms. The van der Waals surface area contributed by atoms with E-state index in [1.807, 2.05) is 0 Å². The highest BCUT2D eigenvalue weighted by Gasteiger charge is 2.08. The van der Waals surface area contributed by atoms with Gasteiger partial charge in [0.25, 0.3) is 11.6 Å². The Morgan fingerprint density at radius 1 is 1.21 bits per heavy atom. The fraction of sp³-hybridized carbons (Fsp3) is 0. The summed E-state index contributed by atoms with van der Waals surface area (Å²) in [5.41, 5.74) is 0.529. The van der Waals surface area contributed by atoms with Crippen molar-refractivity contribution >= 4 is 17.3 Å². The molecule has 1 aromatic carbocycles. The summed E-state index contributed by atoms with van der Waals surface area (Å²) >= 11 is 0. The van der Waals surface area contributed by atoms with E-state index in [-0.39, 0.29) is 11.3 Å². The predicted molar refractivity (Wildman–Crippen MR) is 65.2 cm³/mol. The predicted octanol–water partition coefficient (Wildman–Crippen LogP) is 2.38. The zero-order valence-corrected chi connectivity index (χ0v) is 9.54. The summed E-state index contributed by atoms with van der Waals surface area (Å²) in [6, 6.07) is 7.74. The minimum Gasteiger partial charge on any atom is -0.322 e. The van der Waals surface area contributed by atoms with Gasteiger partial charge in [0.05, 0.1) is 10.5 Å². The van der Waals surface area contributed by atoms with E-state index in [9.17, 15) is 19.3 Å². The first-order valence-electron chi connectivity index (χ1n) is 5.23. The van der Waals surface area contributed by atoms with Crippen molar-refractivity contribution in [2.45, 2.75) is 0 Å². The first-order chi connectivity index (χ1) is 9.06. The third-order valence-corrected chi connectivity index (χ3v) is 2.33. The molecular weight excluding hydrogens is 253 g/mol. The van der Waals surface area contributed by atoms with Crippen molar-refractivity contribution in [2.75, 3.05) is 5.32 Å². The Hall–Kier alpha value is -2.83. The van der Waals surface area contributed by atoms with Crippen molar-refractivity contribution in [3.63, 3.8) is 0 Å². The van der Waals surface area contributed by atoms with Gasteiger partial charge >= 0.3 is 0 Å². The number of carbonyl (C=O) groups excluding carboxylic acids is 1. The van der Waals surface area contributed by atoms with Crippen molar-refractivity contribution in [3.05, 3.63) is 64.2 Å². The molecule has 1 N–H and O–H groups in total. The summed E-state index contributed by atoms with van der Waals surface area (Å²) in [6.07, 6.45) is 1.11. The quantitative estimate of drug-likeness (QED) is 0.522. The summed E-state index contributed by atoms with van der Waals surface area (Å²) in [4.78, 5) is 25.0. The Kier molecular flexibility index (Phi) is 3.46. The Morgan fingerprint density at radius 3 is 2.42 bits per heavy atom. The lowest BCUT2D eigenvalue weighted by Gasteiger charge is -2.04. The number of hydrogen-bond acceptors (Lipinski definition) is 4. The Balaban J connectivity index is 2.10. The minimum atomic E-state index is -0.674. The number of benzene rings is 1. The molecule has 0 bridgehead atoms. The minimum absolute atomic E-state index is 0.0681. The van der Waals surface area contributed by atoms with Gasteiger partial charge in [-0.05, 0) is 24.3 Å². The number of aromatic nitrogens is 1. The highest BCUT2D eigenvalue weighted by Crippen LogP contribution is 2.16. The van der Waals surface area contributed by atoms with Crippen LogP contribution in [0.2, 0.25) is 0 Å². The molecular formula is C12H8FN3O3. The number of nitrogens with zero attached hydrogens (tertiary/aromatic N) is 2. The summed E-state index contributed by atoms with van der Waals surface area (Å²) in [7, 11) is 0. The molecule has 0 saturated heterocycles. The van der Waals surface area contributed by atoms with Crippen molar-refractivity contribution in [3.8, 4) is 0 Å². The number of nitro groups is 1. The molecule has 1 aromatic heterocycles. The van der Waals surface area contributed by atoms with Gasteiger partial charge in [-0.3, -0.25) is 14.9 Å². The number of nitrogens with one attached hydrogen (secondary N) is 1. The van der Waals surface area contributed by atoms with Crippen molar-refractivity contribution < 1.29 is 14.1 Å². The first-order valence-corrected chi connectivity index (χ1v) is 5.23. The molecule has 7 heteroatoms. The number of nitro benzene ring substituents is 1. The lowest BCUT2D eigenvalue weighted by atomic mass is 10.2. The Morgan fingerprint density at radius 2 is 1.89 bits per heavy atom. The lowest BCUT2D eigenvalue weighted by molar-refractivity contribution is -0.384. The second-order valence-electron chi connectivity index (χ2n) is 3.63. The summed E-state index contributed by atoms with van der Waals surface area (Å²) in [5.74, 6) is -1.15. The van der Waals surface area contributed by atoms with E-state index in [2.05, 4.69) is 10.3 Å². The van der Waals surface area contributed by atoms with E-state index in [0.29, 0.717) is 5.69 Å². The summed E-state index contributed by atoms with van der Waals surface area (Å²) in [5, 5.41) is 13.0. The average Bonchev–Trinajstić information content (AvgIpc) is 2.40. The van der Waals surface area contributed by atoms with Gasteiger partial charge in [-0.2, -0.15) is 4.39 Å². The van der Waals surface area contributed by atoms with Gasteiger partial charge in [0.1, 0.15) is 0 Å². The maximum atomic E-state index is 12.6. The van der Waals surface area contributed by atoms with E-state index in [0.717, 1.165) is 12.3 Å². The van der Waals surface area contributed by atoms with Gasteiger partial charge in [0.15, 0.2) is 0 Å². The van der Waals surface area contributed by atoms with Gasteiger partial charge in [0.2, 0.25) is 5.95 Å². The fourth-order valence-corrected chi connectivity index (χ4v) is 1.38. The zero-order chi connectivity index (χ0) is 13.8. The second kappa shape index (κ2) is 5.21. The molecule has 2 rings (SSSR count). The molecule has 0 saturated carbocycles. The van der Waals surface area contributed by atoms with E-state index in [1.165, 1.54) is 30.3 Å². The van der Waals surface area contributed by atoms with Gasteiger partial charge < -0.3 is 5.32 Å². The van der Waals surface area contributed by atoms with Crippen LogP contribution in [0.5, 0.6) is 0 Å². The second-order valence-corrected chi connectivity index (χ2v) is 3.63. The van der Waals surface area contributed by atoms with Crippen molar-refractivity contribution in [1.29, 1.82) is 0 Å². The molecule has 0 atom stereocenters. The number of halogens is 1. The summed E-state index contributed by atoms with van der Waals surface area (Å²) < 4.78 is 12.6. The number of non-ortho nitro benzene ring substituents is 1. The molecule has 0 fully saturated rings. The van der Waals surface area contributed by atoms with E-state index >= 15 is 0 Å². The van der Waals surface area contributed by atoms with Crippen LogP contribution in [0.4, 0.5) is 15.8 Å². The first kappa shape index (κ1) is 12.6. The topological polar surface area (TPSA) is 85.1 Å². The molecule has 2 aromatic rings. The van der Waals surface area contributed by atoms with Crippen LogP contribution in [0.25, 0.3) is 0 Å². The molecule has 96 valence electrons. The van der Waals surface area contributed by atoms with Crippen LogP contribution in [-0.2, 0) is 0 Å². The fourth-order valence-electron chi connectivity index (χ4n) is 1.38. The highest BCUT2D eigenvalue weighted by atomic mass is 19.1. The van der Waals surface area contributed by atoms with Crippen LogP contribution in [0.1, 0.15) is 10.4 Å². The van der Waals surface area contributed by atoms with E-state index in [1.54, 1.807) is 0 Å². The maximum Gasteiger partial charge on any atom is 0.269 e. The Bertz CT molecular complexity index is 611. The number of hydrogen-bond donors (Lipinski definition) is 1. The van der Waals surface area contributed by atoms with Crippen molar-refractivity contribution in [2.24, 2.45) is 0 Å². The van der Waals surface area contributed by atoms with Crippen LogP contribution < -0.4 is 5.32 Å². The average molecular weight is 261 g/mol. The number of anilines is 1. The van der Waals surface area contributed by atoms with Crippen LogP contribution in [0.3, 0.4) is 0 Å². The van der Waals surface area contributed by atoms with Gasteiger partial charge in [0, 0.05) is 24.0 Å². The molecule has 0 radical (unpaired) electrons. The number of pyridine rings is 1. The zero-order valence-electron chi connectivity index (χ0n) is 9.54. The standard InChI is InChI=1S/C12H8FN3O3/c13-11-6-1-8(7-14-11)12(17)15-9-2-4-10(5-3-9)16(18)19/h1-7H,(H,15,17). The van der Waals surface area contributed by atoms with Crippen LogP contribution in [0.15, 0.2) is 42.6 Å². The molecule has 0 aliphatic heterocycles. The molecule has 6 nitrogen and oxygen atoms in total. The number of carbonyl (C=O) groups is 1. The molecule has 0 aliphatic carbocycles. The monoisotopic (exact) mass is 261 g/mol. The third-order valence-electron chi connectivity index (χ3n) is 2.33. The number of rotatable bonds is 3. The van der Waals surface area contributed by atoms with Crippen LogP contribution >= 0.6 is 0 Å². The SMILES string of the molecule is O=C(Nc1ccc([N+](=O)[O-])cc1)c1ccc(F)nc1. The number of amides is 1. The van der Waals surface area contributed by atoms with Gasteiger partial charge in [-0.15, -0.1) is 0 Å².